The molecule has 2 aromatic rings. The standard InChI is InChI=1S/C10H11Cl2N5/c1-6(10-14-16-17-15-10)13-5-7-8(11)3-2-4-9(7)12/h2-4,6,13H,5H2,1H3,(H,14,15,16,17). The first-order chi connectivity index (χ1) is 8.18. The second kappa shape index (κ2) is 5.44. The van der Waals surface area contributed by atoms with E-state index in [1.165, 1.54) is 0 Å². The smallest absolute Gasteiger partial charge is 0.191 e. The molecule has 0 amide bonds. The second-order valence-electron chi connectivity index (χ2n) is 3.57. The van der Waals surface area contributed by atoms with Crippen LogP contribution in [0.3, 0.4) is 0 Å². The van der Waals surface area contributed by atoms with E-state index in [1.807, 2.05) is 25.1 Å². The minimum absolute atomic E-state index is 0.0268. The van der Waals surface area contributed by atoms with Gasteiger partial charge in [-0.2, -0.15) is 5.21 Å². The predicted molar refractivity (Wildman–Crippen MR) is 65.9 cm³/mol. The average Bonchev–Trinajstić information content (AvgIpc) is 2.81. The summed E-state index contributed by atoms with van der Waals surface area (Å²) in [6, 6.07) is 5.41. The molecule has 0 aliphatic heterocycles. The molecular formula is C10H11Cl2N5. The Morgan fingerprint density at radius 3 is 2.65 bits per heavy atom. The van der Waals surface area contributed by atoms with Gasteiger partial charge in [0, 0.05) is 22.2 Å². The fourth-order valence-corrected chi connectivity index (χ4v) is 1.93. The van der Waals surface area contributed by atoms with Crippen LogP contribution >= 0.6 is 23.2 Å². The molecule has 0 bridgehead atoms. The molecule has 90 valence electrons. The number of tetrazole rings is 1. The molecule has 2 N–H and O–H groups in total. The summed E-state index contributed by atoms with van der Waals surface area (Å²) in [6.45, 7) is 2.49. The summed E-state index contributed by atoms with van der Waals surface area (Å²) < 4.78 is 0. The van der Waals surface area contributed by atoms with Gasteiger partial charge in [0.25, 0.3) is 0 Å². The third-order valence-corrected chi connectivity index (χ3v) is 3.10. The first-order valence-electron chi connectivity index (χ1n) is 5.08. The number of nitrogens with one attached hydrogen (secondary N) is 2. The minimum Gasteiger partial charge on any atom is -0.303 e. The van der Waals surface area contributed by atoms with Gasteiger partial charge in [0.1, 0.15) is 0 Å². The van der Waals surface area contributed by atoms with Gasteiger partial charge in [-0.15, -0.1) is 10.2 Å². The molecule has 0 saturated carbocycles. The van der Waals surface area contributed by atoms with Crippen molar-refractivity contribution in [1.82, 2.24) is 25.9 Å². The highest BCUT2D eigenvalue weighted by Crippen LogP contribution is 2.24. The molecule has 0 saturated heterocycles. The Morgan fingerprint density at radius 2 is 2.06 bits per heavy atom. The van der Waals surface area contributed by atoms with E-state index in [1.54, 1.807) is 0 Å². The van der Waals surface area contributed by atoms with Gasteiger partial charge in [-0.05, 0) is 19.1 Å². The van der Waals surface area contributed by atoms with Crippen molar-refractivity contribution in [2.75, 3.05) is 0 Å². The highest BCUT2D eigenvalue weighted by atomic mass is 35.5. The number of aromatic amines is 1. The first kappa shape index (κ1) is 12.3. The zero-order valence-electron chi connectivity index (χ0n) is 9.11. The van der Waals surface area contributed by atoms with Crippen molar-refractivity contribution >= 4 is 23.2 Å². The lowest BCUT2D eigenvalue weighted by molar-refractivity contribution is 0.547. The van der Waals surface area contributed by atoms with Gasteiger partial charge in [0.15, 0.2) is 5.82 Å². The maximum absolute atomic E-state index is 6.06. The predicted octanol–water partition coefficient (Wildman–Crippen LogP) is 2.36. The fraction of sp³-hybridized carbons (Fsp3) is 0.300. The number of hydrogen-bond acceptors (Lipinski definition) is 4. The van der Waals surface area contributed by atoms with Gasteiger partial charge < -0.3 is 5.32 Å². The fourth-order valence-electron chi connectivity index (χ4n) is 1.40. The van der Waals surface area contributed by atoms with E-state index in [0.29, 0.717) is 22.4 Å². The van der Waals surface area contributed by atoms with E-state index in [4.69, 9.17) is 23.2 Å². The summed E-state index contributed by atoms with van der Waals surface area (Å²) in [5.74, 6) is 0.605. The summed E-state index contributed by atoms with van der Waals surface area (Å²) in [7, 11) is 0. The Morgan fingerprint density at radius 1 is 1.35 bits per heavy atom. The van der Waals surface area contributed by atoms with Crippen LogP contribution in [-0.2, 0) is 6.54 Å². The third-order valence-electron chi connectivity index (χ3n) is 2.40. The summed E-state index contributed by atoms with van der Waals surface area (Å²) >= 11 is 12.1. The van der Waals surface area contributed by atoms with Crippen LogP contribution in [0.5, 0.6) is 0 Å². The van der Waals surface area contributed by atoms with Gasteiger partial charge in [-0.25, -0.2) is 0 Å². The third kappa shape index (κ3) is 2.94. The van der Waals surface area contributed by atoms with Crippen LogP contribution in [0.15, 0.2) is 18.2 Å². The Balaban J connectivity index is 2.03. The second-order valence-corrected chi connectivity index (χ2v) is 4.39. The molecule has 1 heterocycles. The SMILES string of the molecule is CC(NCc1c(Cl)cccc1Cl)c1nn[nH]n1. The maximum atomic E-state index is 6.06. The van der Waals surface area contributed by atoms with E-state index >= 15 is 0 Å². The van der Waals surface area contributed by atoms with Crippen molar-refractivity contribution in [3.8, 4) is 0 Å². The molecule has 0 radical (unpaired) electrons. The van der Waals surface area contributed by atoms with E-state index in [-0.39, 0.29) is 6.04 Å². The van der Waals surface area contributed by atoms with Crippen LogP contribution in [0.2, 0.25) is 10.0 Å². The topological polar surface area (TPSA) is 66.5 Å². The molecule has 1 atom stereocenters. The highest BCUT2D eigenvalue weighted by Gasteiger charge is 2.11. The van der Waals surface area contributed by atoms with Crippen molar-refractivity contribution in [2.24, 2.45) is 0 Å². The van der Waals surface area contributed by atoms with Gasteiger partial charge >= 0.3 is 0 Å². The number of nitrogens with zero attached hydrogens (tertiary/aromatic N) is 3. The van der Waals surface area contributed by atoms with Gasteiger partial charge in [-0.3, -0.25) is 0 Å². The summed E-state index contributed by atoms with van der Waals surface area (Å²) in [5.41, 5.74) is 0.867. The molecule has 2 rings (SSSR count). The van der Waals surface area contributed by atoms with Crippen molar-refractivity contribution in [3.05, 3.63) is 39.6 Å². The zero-order chi connectivity index (χ0) is 12.3. The van der Waals surface area contributed by atoms with Crippen LogP contribution in [0.4, 0.5) is 0 Å². The molecule has 17 heavy (non-hydrogen) atoms. The van der Waals surface area contributed by atoms with Crippen LogP contribution in [0.25, 0.3) is 0 Å². The van der Waals surface area contributed by atoms with Gasteiger partial charge in [0.2, 0.25) is 0 Å². The van der Waals surface area contributed by atoms with Crippen LogP contribution in [0.1, 0.15) is 24.4 Å². The quantitative estimate of drug-likeness (QED) is 0.896. The van der Waals surface area contributed by atoms with E-state index in [2.05, 4.69) is 25.9 Å². The van der Waals surface area contributed by atoms with Crippen molar-refractivity contribution in [3.63, 3.8) is 0 Å². The lowest BCUT2D eigenvalue weighted by Crippen LogP contribution is -2.19. The molecule has 5 nitrogen and oxygen atoms in total. The average molecular weight is 272 g/mol. The lowest BCUT2D eigenvalue weighted by atomic mass is 10.2. The van der Waals surface area contributed by atoms with E-state index in [9.17, 15) is 0 Å². The zero-order valence-corrected chi connectivity index (χ0v) is 10.6. The Labute approximate surface area is 109 Å². The van der Waals surface area contributed by atoms with Crippen LogP contribution in [-0.4, -0.2) is 20.6 Å². The van der Waals surface area contributed by atoms with Gasteiger partial charge in [0.05, 0.1) is 6.04 Å². The maximum Gasteiger partial charge on any atom is 0.191 e. The molecule has 0 aliphatic rings. The van der Waals surface area contributed by atoms with Crippen LogP contribution < -0.4 is 5.32 Å². The number of halogens is 2. The minimum atomic E-state index is -0.0268. The summed E-state index contributed by atoms with van der Waals surface area (Å²) in [5, 5.41) is 18.2. The monoisotopic (exact) mass is 271 g/mol. The lowest BCUT2D eigenvalue weighted by Gasteiger charge is -2.12. The Hall–Kier alpha value is -1.17. The molecule has 1 unspecified atom stereocenters. The molecule has 7 heteroatoms. The number of aromatic nitrogens is 4. The van der Waals surface area contributed by atoms with E-state index in [0.717, 1.165) is 5.56 Å². The van der Waals surface area contributed by atoms with E-state index < -0.39 is 0 Å². The number of benzene rings is 1. The highest BCUT2D eigenvalue weighted by molar-refractivity contribution is 6.35. The first-order valence-corrected chi connectivity index (χ1v) is 5.83. The molecule has 1 aromatic carbocycles. The number of H-pyrrole nitrogens is 1. The Kier molecular flexibility index (Phi) is 3.93. The Bertz CT molecular complexity index is 465. The summed E-state index contributed by atoms with van der Waals surface area (Å²) in [4.78, 5) is 0. The molecule has 0 aliphatic carbocycles. The molecule has 0 fully saturated rings. The molecular weight excluding hydrogens is 261 g/mol. The molecule has 0 spiro atoms. The van der Waals surface area contributed by atoms with Crippen molar-refractivity contribution in [1.29, 1.82) is 0 Å². The number of hydrogen-bond donors (Lipinski definition) is 2. The normalized spacial score (nSPS) is 12.6. The van der Waals surface area contributed by atoms with Crippen molar-refractivity contribution < 1.29 is 0 Å². The van der Waals surface area contributed by atoms with Crippen molar-refractivity contribution in [2.45, 2.75) is 19.5 Å². The number of rotatable bonds is 4. The van der Waals surface area contributed by atoms with Gasteiger partial charge in [-0.1, -0.05) is 34.5 Å². The summed E-state index contributed by atoms with van der Waals surface area (Å²) in [6.07, 6.45) is 0. The largest absolute Gasteiger partial charge is 0.303 e. The molecule has 1 aromatic heterocycles. The van der Waals surface area contributed by atoms with Crippen LogP contribution in [0, 0.1) is 0 Å².